The highest BCUT2D eigenvalue weighted by atomic mass is 16.5. The predicted octanol–water partition coefficient (Wildman–Crippen LogP) is 2.03. The summed E-state index contributed by atoms with van der Waals surface area (Å²) in [5.41, 5.74) is 3.57. The Bertz CT molecular complexity index is 340. The van der Waals surface area contributed by atoms with Crippen molar-refractivity contribution in [1.82, 2.24) is 5.32 Å². The maximum Gasteiger partial charge on any atom is 0.125 e. The van der Waals surface area contributed by atoms with Crippen molar-refractivity contribution >= 4 is 0 Å². The Hall–Kier alpha value is -1.06. The largest absolute Gasteiger partial charge is 0.493 e. The molecule has 2 N–H and O–H groups in total. The molecule has 0 amide bonds. The lowest BCUT2D eigenvalue weighted by Gasteiger charge is -2.16. The number of hydrogen-bond donors (Lipinski definition) is 2. The summed E-state index contributed by atoms with van der Waals surface area (Å²) in [6, 6.07) is 4.28. The molecule has 0 heterocycles. The first-order valence-corrected chi connectivity index (χ1v) is 6.06. The van der Waals surface area contributed by atoms with Gasteiger partial charge in [0.2, 0.25) is 0 Å². The van der Waals surface area contributed by atoms with Crippen LogP contribution < -0.4 is 10.1 Å². The van der Waals surface area contributed by atoms with Crippen molar-refractivity contribution in [3.63, 3.8) is 0 Å². The standard InChI is InChI=1S/C14H23NO2/c1-10(8-16)9-17-14-11(2)5-13(7-15-4)6-12(14)3/h5-6,10,15-16H,7-9H2,1-4H3. The molecular weight excluding hydrogens is 214 g/mol. The summed E-state index contributed by atoms with van der Waals surface area (Å²) >= 11 is 0. The molecule has 0 aliphatic rings. The van der Waals surface area contributed by atoms with E-state index in [9.17, 15) is 0 Å². The van der Waals surface area contributed by atoms with Gasteiger partial charge in [-0.25, -0.2) is 0 Å². The number of aryl methyl sites for hydroxylation is 2. The van der Waals surface area contributed by atoms with Crippen LogP contribution in [0.2, 0.25) is 0 Å². The summed E-state index contributed by atoms with van der Waals surface area (Å²) in [4.78, 5) is 0. The van der Waals surface area contributed by atoms with Crippen LogP contribution in [0.15, 0.2) is 12.1 Å². The minimum absolute atomic E-state index is 0.163. The first-order valence-electron chi connectivity index (χ1n) is 6.06. The summed E-state index contributed by atoms with van der Waals surface area (Å²) in [6.07, 6.45) is 0. The lowest BCUT2D eigenvalue weighted by atomic mass is 10.1. The van der Waals surface area contributed by atoms with Crippen molar-refractivity contribution in [3.05, 3.63) is 28.8 Å². The van der Waals surface area contributed by atoms with Gasteiger partial charge in [-0.05, 0) is 37.6 Å². The Balaban J connectivity index is 2.78. The van der Waals surface area contributed by atoms with Gasteiger partial charge in [-0.1, -0.05) is 19.1 Å². The van der Waals surface area contributed by atoms with Gasteiger partial charge in [-0.15, -0.1) is 0 Å². The number of rotatable bonds is 6. The number of benzene rings is 1. The first kappa shape index (κ1) is 14.0. The zero-order valence-corrected chi connectivity index (χ0v) is 11.2. The number of ether oxygens (including phenoxy) is 1. The minimum atomic E-state index is 0.163. The van der Waals surface area contributed by atoms with Gasteiger partial charge < -0.3 is 15.2 Å². The average Bonchev–Trinajstić information content (AvgIpc) is 2.28. The summed E-state index contributed by atoms with van der Waals surface area (Å²) in [5.74, 6) is 1.12. The number of aliphatic hydroxyl groups is 1. The van der Waals surface area contributed by atoms with E-state index in [1.165, 1.54) is 5.56 Å². The van der Waals surface area contributed by atoms with E-state index < -0.39 is 0 Å². The Morgan fingerprint density at radius 3 is 2.35 bits per heavy atom. The number of nitrogens with one attached hydrogen (secondary N) is 1. The minimum Gasteiger partial charge on any atom is -0.493 e. The maximum atomic E-state index is 8.98. The molecule has 3 heteroatoms. The fraction of sp³-hybridized carbons (Fsp3) is 0.571. The zero-order chi connectivity index (χ0) is 12.8. The number of aliphatic hydroxyl groups excluding tert-OH is 1. The lowest BCUT2D eigenvalue weighted by molar-refractivity contribution is 0.173. The third-order valence-corrected chi connectivity index (χ3v) is 2.72. The van der Waals surface area contributed by atoms with E-state index in [2.05, 4.69) is 31.3 Å². The molecule has 3 nitrogen and oxygen atoms in total. The van der Waals surface area contributed by atoms with E-state index in [4.69, 9.17) is 9.84 Å². The van der Waals surface area contributed by atoms with Gasteiger partial charge in [-0.3, -0.25) is 0 Å². The van der Waals surface area contributed by atoms with Crippen molar-refractivity contribution in [2.75, 3.05) is 20.3 Å². The van der Waals surface area contributed by atoms with Crippen LogP contribution in [-0.2, 0) is 6.54 Å². The van der Waals surface area contributed by atoms with Crippen LogP contribution in [0, 0.1) is 19.8 Å². The second kappa shape index (κ2) is 6.62. The van der Waals surface area contributed by atoms with Gasteiger partial charge in [-0.2, -0.15) is 0 Å². The summed E-state index contributed by atoms with van der Waals surface area (Å²) in [5, 5.41) is 12.1. The summed E-state index contributed by atoms with van der Waals surface area (Å²) in [7, 11) is 1.94. The van der Waals surface area contributed by atoms with Crippen LogP contribution in [0.1, 0.15) is 23.6 Å². The Kier molecular flexibility index (Phi) is 5.45. The molecule has 0 saturated heterocycles. The van der Waals surface area contributed by atoms with Gasteiger partial charge in [0, 0.05) is 19.1 Å². The van der Waals surface area contributed by atoms with Gasteiger partial charge >= 0.3 is 0 Å². The van der Waals surface area contributed by atoms with Gasteiger partial charge in [0.1, 0.15) is 5.75 Å². The van der Waals surface area contributed by atoms with Crippen molar-refractivity contribution < 1.29 is 9.84 Å². The second-order valence-corrected chi connectivity index (χ2v) is 4.69. The van der Waals surface area contributed by atoms with E-state index in [0.29, 0.717) is 6.61 Å². The SMILES string of the molecule is CNCc1cc(C)c(OCC(C)CO)c(C)c1. The molecule has 0 bridgehead atoms. The van der Waals surface area contributed by atoms with Crippen LogP contribution in [0.4, 0.5) is 0 Å². The molecule has 0 saturated carbocycles. The third kappa shape index (κ3) is 4.02. The van der Waals surface area contributed by atoms with Crippen molar-refractivity contribution in [3.8, 4) is 5.75 Å². The molecule has 1 unspecified atom stereocenters. The number of hydrogen-bond acceptors (Lipinski definition) is 3. The molecule has 0 radical (unpaired) electrons. The van der Waals surface area contributed by atoms with E-state index in [-0.39, 0.29) is 12.5 Å². The molecule has 1 aromatic carbocycles. The molecule has 0 aliphatic carbocycles. The van der Waals surface area contributed by atoms with E-state index in [1.807, 2.05) is 14.0 Å². The van der Waals surface area contributed by atoms with Gasteiger partial charge in [0.25, 0.3) is 0 Å². The van der Waals surface area contributed by atoms with Crippen LogP contribution in [0.3, 0.4) is 0 Å². The highest BCUT2D eigenvalue weighted by molar-refractivity contribution is 5.43. The van der Waals surface area contributed by atoms with Crippen LogP contribution >= 0.6 is 0 Å². The highest BCUT2D eigenvalue weighted by Crippen LogP contribution is 2.25. The molecule has 0 aliphatic heterocycles. The predicted molar refractivity (Wildman–Crippen MR) is 70.4 cm³/mol. The van der Waals surface area contributed by atoms with Crippen molar-refractivity contribution in [1.29, 1.82) is 0 Å². The molecule has 17 heavy (non-hydrogen) atoms. The normalized spacial score (nSPS) is 12.5. The monoisotopic (exact) mass is 237 g/mol. The van der Waals surface area contributed by atoms with Gasteiger partial charge in [0.05, 0.1) is 6.61 Å². The van der Waals surface area contributed by atoms with Gasteiger partial charge in [0.15, 0.2) is 0 Å². The fourth-order valence-electron chi connectivity index (χ4n) is 1.85. The maximum absolute atomic E-state index is 8.98. The molecule has 0 fully saturated rings. The van der Waals surface area contributed by atoms with E-state index in [0.717, 1.165) is 23.4 Å². The molecule has 1 atom stereocenters. The topological polar surface area (TPSA) is 41.5 Å². The average molecular weight is 237 g/mol. The molecule has 0 spiro atoms. The molecule has 1 rings (SSSR count). The lowest BCUT2D eigenvalue weighted by Crippen LogP contribution is -2.13. The Morgan fingerprint density at radius 1 is 1.29 bits per heavy atom. The molecule has 0 aromatic heterocycles. The molecule has 1 aromatic rings. The van der Waals surface area contributed by atoms with Crippen LogP contribution in [0.5, 0.6) is 5.75 Å². The zero-order valence-electron chi connectivity index (χ0n) is 11.2. The van der Waals surface area contributed by atoms with E-state index in [1.54, 1.807) is 0 Å². The van der Waals surface area contributed by atoms with Crippen LogP contribution in [-0.4, -0.2) is 25.4 Å². The second-order valence-electron chi connectivity index (χ2n) is 4.69. The molecular formula is C14H23NO2. The van der Waals surface area contributed by atoms with E-state index >= 15 is 0 Å². The summed E-state index contributed by atoms with van der Waals surface area (Å²) in [6.45, 7) is 7.69. The fourth-order valence-corrected chi connectivity index (χ4v) is 1.85. The molecule has 96 valence electrons. The summed E-state index contributed by atoms with van der Waals surface area (Å²) < 4.78 is 5.77. The Labute approximate surface area is 104 Å². The van der Waals surface area contributed by atoms with Crippen molar-refractivity contribution in [2.24, 2.45) is 5.92 Å². The third-order valence-electron chi connectivity index (χ3n) is 2.72. The quantitative estimate of drug-likeness (QED) is 0.795. The van der Waals surface area contributed by atoms with Crippen molar-refractivity contribution in [2.45, 2.75) is 27.3 Å². The first-order chi connectivity index (χ1) is 8.08. The smallest absolute Gasteiger partial charge is 0.125 e. The Morgan fingerprint density at radius 2 is 1.88 bits per heavy atom. The van der Waals surface area contributed by atoms with Crippen LogP contribution in [0.25, 0.3) is 0 Å². The highest BCUT2D eigenvalue weighted by Gasteiger charge is 2.08.